The Kier molecular flexibility index (Phi) is 4.87. The van der Waals surface area contributed by atoms with E-state index < -0.39 is 0 Å². The Morgan fingerprint density at radius 3 is 2.19 bits per heavy atom. The van der Waals surface area contributed by atoms with Crippen molar-refractivity contribution in [2.45, 2.75) is 47.5 Å². The molecule has 1 aliphatic rings. The molecule has 1 rings (SSSR count). The van der Waals surface area contributed by atoms with E-state index in [1.54, 1.807) is 0 Å². The molecule has 1 fully saturated rings. The van der Waals surface area contributed by atoms with Crippen molar-refractivity contribution < 1.29 is 0 Å². The van der Waals surface area contributed by atoms with Crippen LogP contribution in [0.4, 0.5) is 0 Å². The molecule has 0 N–H and O–H groups in total. The third-order valence-corrected chi connectivity index (χ3v) is 2.86. The second-order valence-electron chi connectivity index (χ2n) is 6.55. The lowest BCUT2D eigenvalue weighted by Gasteiger charge is -2.34. The molecule has 0 aromatic heterocycles. The third kappa shape index (κ3) is 5.56. The Morgan fingerprint density at radius 2 is 1.75 bits per heavy atom. The standard InChI is InChI=1S/C15H27N/c1-13(2)6-7-14-8-10-16(11-9-14)12-15(3,4)5/h13-14H,8-12H2,1-5H3. The van der Waals surface area contributed by atoms with Gasteiger partial charge in [0.1, 0.15) is 0 Å². The monoisotopic (exact) mass is 221 g/mol. The van der Waals surface area contributed by atoms with Gasteiger partial charge in [-0.1, -0.05) is 40.5 Å². The molecule has 0 amide bonds. The topological polar surface area (TPSA) is 3.24 Å². The molecule has 1 heterocycles. The van der Waals surface area contributed by atoms with Crippen LogP contribution in [-0.2, 0) is 0 Å². The van der Waals surface area contributed by atoms with E-state index in [-0.39, 0.29) is 0 Å². The fraction of sp³-hybridized carbons (Fsp3) is 0.867. The highest BCUT2D eigenvalue weighted by atomic mass is 15.1. The van der Waals surface area contributed by atoms with E-state index in [0.717, 1.165) is 0 Å². The molecule has 1 heteroatoms. The molecule has 0 radical (unpaired) electrons. The van der Waals surface area contributed by atoms with Crippen molar-refractivity contribution in [1.82, 2.24) is 4.90 Å². The van der Waals surface area contributed by atoms with Crippen LogP contribution < -0.4 is 0 Å². The second kappa shape index (κ2) is 5.73. The molecule has 1 nitrogen and oxygen atoms in total. The van der Waals surface area contributed by atoms with Gasteiger partial charge in [-0.25, -0.2) is 0 Å². The fourth-order valence-electron chi connectivity index (χ4n) is 2.19. The molecule has 0 atom stereocenters. The molecule has 92 valence electrons. The first-order chi connectivity index (χ1) is 7.37. The van der Waals surface area contributed by atoms with Crippen molar-refractivity contribution in [2.75, 3.05) is 19.6 Å². The lowest BCUT2D eigenvalue weighted by Crippen LogP contribution is -2.38. The summed E-state index contributed by atoms with van der Waals surface area (Å²) in [6, 6.07) is 0. The van der Waals surface area contributed by atoms with E-state index in [1.807, 2.05) is 0 Å². The molecule has 0 bridgehead atoms. The Hall–Kier alpha value is -0.480. The Bertz CT molecular complexity index is 253. The Morgan fingerprint density at radius 1 is 1.19 bits per heavy atom. The van der Waals surface area contributed by atoms with Gasteiger partial charge in [0.25, 0.3) is 0 Å². The third-order valence-electron chi connectivity index (χ3n) is 2.86. The minimum Gasteiger partial charge on any atom is -0.303 e. The number of piperidine rings is 1. The average Bonchev–Trinajstić information content (AvgIpc) is 2.14. The van der Waals surface area contributed by atoms with E-state index in [4.69, 9.17) is 0 Å². The lowest BCUT2D eigenvalue weighted by molar-refractivity contribution is 0.150. The number of hydrogen-bond acceptors (Lipinski definition) is 1. The summed E-state index contributed by atoms with van der Waals surface area (Å²) in [4.78, 5) is 2.59. The van der Waals surface area contributed by atoms with Gasteiger partial charge < -0.3 is 4.90 Å². The van der Waals surface area contributed by atoms with E-state index in [9.17, 15) is 0 Å². The zero-order chi connectivity index (χ0) is 12.2. The van der Waals surface area contributed by atoms with Crippen LogP contribution in [0.5, 0.6) is 0 Å². The van der Waals surface area contributed by atoms with Gasteiger partial charge in [0.15, 0.2) is 0 Å². The number of hydrogen-bond donors (Lipinski definition) is 0. The van der Waals surface area contributed by atoms with Crippen molar-refractivity contribution >= 4 is 0 Å². The van der Waals surface area contributed by atoms with Gasteiger partial charge in [0.05, 0.1) is 0 Å². The number of likely N-dealkylation sites (tertiary alicyclic amines) is 1. The van der Waals surface area contributed by atoms with Gasteiger partial charge in [-0.15, -0.1) is 5.92 Å². The largest absolute Gasteiger partial charge is 0.303 e. The minimum atomic E-state index is 0.427. The molecule has 0 unspecified atom stereocenters. The summed E-state index contributed by atoms with van der Waals surface area (Å²) in [5, 5.41) is 0. The Labute approximate surface area is 102 Å². The molecule has 0 aromatic carbocycles. The van der Waals surface area contributed by atoms with Crippen LogP contribution in [-0.4, -0.2) is 24.5 Å². The van der Waals surface area contributed by atoms with Gasteiger partial charge >= 0.3 is 0 Å². The zero-order valence-electron chi connectivity index (χ0n) is 11.6. The van der Waals surface area contributed by atoms with E-state index in [1.165, 1.54) is 32.5 Å². The van der Waals surface area contributed by atoms with E-state index in [0.29, 0.717) is 17.3 Å². The van der Waals surface area contributed by atoms with Gasteiger partial charge in [0.2, 0.25) is 0 Å². The first kappa shape index (κ1) is 13.6. The maximum Gasteiger partial charge on any atom is 0.0227 e. The maximum absolute atomic E-state index is 3.43. The minimum absolute atomic E-state index is 0.427. The quantitative estimate of drug-likeness (QED) is 0.613. The molecule has 0 aliphatic carbocycles. The van der Waals surface area contributed by atoms with Gasteiger partial charge in [0, 0.05) is 18.4 Å². The molecule has 1 aliphatic heterocycles. The van der Waals surface area contributed by atoms with Gasteiger partial charge in [-0.05, 0) is 31.3 Å². The van der Waals surface area contributed by atoms with Crippen LogP contribution >= 0.6 is 0 Å². The summed E-state index contributed by atoms with van der Waals surface area (Å²) in [6.07, 6.45) is 2.52. The molecule has 1 saturated heterocycles. The predicted molar refractivity (Wildman–Crippen MR) is 71.2 cm³/mol. The normalized spacial score (nSPS) is 19.6. The summed E-state index contributed by atoms with van der Waals surface area (Å²) in [6.45, 7) is 15.0. The smallest absolute Gasteiger partial charge is 0.0227 e. The van der Waals surface area contributed by atoms with Crippen LogP contribution in [0.1, 0.15) is 47.5 Å². The van der Waals surface area contributed by atoms with Crippen LogP contribution in [0.15, 0.2) is 0 Å². The maximum atomic E-state index is 3.43. The summed E-state index contributed by atoms with van der Waals surface area (Å²) < 4.78 is 0. The molecular formula is C15H27N. The van der Waals surface area contributed by atoms with E-state index in [2.05, 4.69) is 51.4 Å². The van der Waals surface area contributed by atoms with Gasteiger partial charge in [-0.3, -0.25) is 0 Å². The summed E-state index contributed by atoms with van der Waals surface area (Å²) in [5.74, 6) is 7.91. The summed E-state index contributed by atoms with van der Waals surface area (Å²) >= 11 is 0. The van der Waals surface area contributed by atoms with Crippen LogP contribution in [0.2, 0.25) is 0 Å². The van der Waals surface area contributed by atoms with Crippen molar-refractivity contribution in [3.8, 4) is 11.8 Å². The zero-order valence-corrected chi connectivity index (χ0v) is 11.6. The molecule has 0 aromatic rings. The fourth-order valence-corrected chi connectivity index (χ4v) is 2.19. The summed E-state index contributed by atoms with van der Waals surface area (Å²) in [7, 11) is 0. The SMILES string of the molecule is CC(C)C#CC1CCN(CC(C)(C)C)CC1. The highest BCUT2D eigenvalue weighted by molar-refractivity contribution is 5.06. The number of rotatable bonds is 1. The van der Waals surface area contributed by atoms with Crippen LogP contribution in [0, 0.1) is 29.1 Å². The van der Waals surface area contributed by atoms with Crippen LogP contribution in [0.3, 0.4) is 0 Å². The average molecular weight is 221 g/mol. The van der Waals surface area contributed by atoms with Crippen molar-refractivity contribution in [2.24, 2.45) is 17.3 Å². The first-order valence-corrected chi connectivity index (χ1v) is 6.60. The predicted octanol–water partition coefficient (Wildman–Crippen LogP) is 3.40. The highest BCUT2D eigenvalue weighted by Gasteiger charge is 2.21. The molecule has 0 saturated carbocycles. The molecular weight excluding hydrogens is 194 g/mol. The first-order valence-electron chi connectivity index (χ1n) is 6.60. The van der Waals surface area contributed by atoms with Gasteiger partial charge in [-0.2, -0.15) is 0 Å². The molecule has 16 heavy (non-hydrogen) atoms. The van der Waals surface area contributed by atoms with Crippen LogP contribution in [0.25, 0.3) is 0 Å². The van der Waals surface area contributed by atoms with Crippen molar-refractivity contribution in [3.05, 3.63) is 0 Å². The van der Waals surface area contributed by atoms with Crippen molar-refractivity contribution in [1.29, 1.82) is 0 Å². The number of nitrogens with zero attached hydrogens (tertiary/aromatic N) is 1. The van der Waals surface area contributed by atoms with E-state index >= 15 is 0 Å². The summed E-state index contributed by atoms with van der Waals surface area (Å²) in [5.41, 5.74) is 0.427. The second-order valence-corrected chi connectivity index (χ2v) is 6.55. The van der Waals surface area contributed by atoms with Crippen molar-refractivity contribution in [3.63, 3.8) is 0 Å². The highest BCUT2D eigenvalue weighted by Crippen LogP contribution is 2.21. The molecule has 0 spiro atoms. The lowest BCUT2D eigenvalue weighted by atomic mass is 9.92. The Balaban J connectivity index is 2.32.